The van der Waals surface area contributed by atoms with Crippen LogP contribution in [-0.2, 0) is 14.3 Å². The van der Waals surface area contributed by atoms with Gasteiger partial charge in [0, 0.05) is 5.92 Å². The fraction of sp³-hybridized carbons (Fsp3) is 0.800. The van der Waals surface area contributed by atoms with E-state index in [9.17, 15) is 9.59 Å². The fourth-order valence-corrected chi connectivity index (χ4v) is 0.309. The van der Waals surface area contributed by atoms with Crippen LogP contribution in [0.1, 0.15) is 34.6 Å². The molecule has 0 saturated heterocycles. The van der Waals surface area contributed by atoms with Crippen molar-refractivity contribution in [3.8, 4) is 0 Å². The Morgan fingerprint density at radius 1 is 1.31 bits per heavy atom. The van der Waals surface area contributed by atoms with Crippen LogP contribution in [0.5, 0.6) is 0 Å². The van der Waals surface area contributed by atoms with Crippen LogP contribution in [0.25, 0.3) is 0 Å². The van der Waals surface area contributed by atoms with Crippen LogP contribution < -0.4 is 0 Å². The van der Waals surface area contributed by atoms with Crippen LogP contribution >= 0.6 is 0 Å². The fourth-order valence-electron chi connectivity index (χ4n) is 0.309. The Bertz CT molecular complexity index is 139. The van der Waals surface area contributed by atoms with Crippen molar-refractivity contribution in [2.75, 3.05) is 6.61 Å². The number of aldehydes is 1. The van der Waals surface area contributed by atoms with E-state index in [-0.39, 0.29) is 17.8 Å². The summed E-state index contributed by atoms with van der Waals surface area (Å²) < 4.78 is 4.66. The summed E-state index contributed by atoms with van der Waals surface area (Å²) in [6, 6.07) is 0. The number of ether oxygens (including phenoxy) is 1. The standard InChI is InChI=1S/C6H12O2.C4H8O/c1-4-8-6(7)5(2)3;1-4(2)3-5/h5H,4H2,1-3H3;3-4H,1-2H3. The van der Waals surface area contributed by atoms with Gasteiger partial charge >= 0.3 is 5.97 Å². The van der Waals surface area contributed by atoms with E-state index in [4.69, 9.17) is 0 Å². The Morgan fingerprint density at radius 2 is 1.69 bits per heavy atom. The lowest BCUT2D eigenvalue weighted by atomic mass is 10.2. The van der Waals surface area contributed by atoms with Gasteiger partial charge in [-0.2, -0.15) is 0 Å². The number of hydrogen-bond donors (Lipinski definition) is 0. The molecule has 78 valence electrons. The molecule has 0 rings (SSSR count). The normalized spacial score (nSPS) is 9.15. The monoisotopic (exact) mass is 188 g/mol. The van der Waals surface area contributed by atoms with Crippen LogP contribution in [0.2, 0.25) is 0 Å². The lowest BCUT2D eigenvalue weighted by Gasteiger charge is -2.01. The average molecular weight is 188 g/mol. The molecule has 0 aliphatic carbocycles. The smallest absolute Gasteiger partial charge is 0.308 e. The Morgan fingerprint density at radius 3 is 1.77 bits per heavy atom. The van der Waals surface area contributed by atoms with Crippen LogP contribution in [0, 0.1) is 11.8 Å². The highest BCUT2D eigenvalue weighted by atomic mass is 16.5. The van der Waals surface area contributed by atoms with Crippen LogP contribution in [-0.4, -0.2) is 18.9 Å². The number of rotatable bonds is 3. The number of hydrogen-bond acceptors (Lipinski definition) is 3. The van der Waals surface area contributed by atoms with Gasteiger partial charge in [-0.15, -0.1) is 0 Å². The van der Waals surface area contributed by atoms with Gasteiger partial charge in [-0.25, -0.2) is 0 Å². The molecule has 13 heavy (non-hydrogen) atoms. The second kappa shape index (κ2) is 9.23. The van der Waals surface area contributed by atoms with Crippen molar-refractivity contribution in [3.05, 3.63) is 0 Å². The Balaban J connectivity index is 0. The number of carbonyl (C=O) groups excluding carboxylic acids is 2. The van der Waals surface area contributed by atoms with Gasteiger partial charge in [0.05, 0.1) is 12.5 Å². The third kappa shape index (κ3) is 14.0. The van der Waals surface area contributed by atoms with E-state index in [1.54, 1.807) is 6.92 Å². The maximum atomic E-state index is 10.5. The topological polar surface area (TPSA) is 43.4 Å². The summed E-state index contributed by atoms with van der Waals surface area (Å²) in [7, 11) is 0. The lowest BCUT2D eigenvalue weighted by molar-refractivity contribution is -0.146. The second-order valence-corrected chi connectivity index (χ2v) is 3.29. The molecule has 0 fully saturated rings. The summed E-state index contributed by atoms with van der Waals surface area (Å²) in [5.41, 5.74) is 0. The van der Waals surface area contributed by atoms with Gasteiger partial charge in [0.15, 0.2) is 0 Å². The van der Waals surface area contributed by atoms with Crippen LogP contribution in [0.4, 0.5) is 0 Å². The molecular formula is C10H20O3. The maximum Gasteiger partial charge on any atom is 0.308 e. The summed E-state index contributed by atoms with van der Waals surface area (Å²) >= 11 is 0. The molecule has 0 aliphatic rings. The van der Waals surface area contributed by atoms with Crippen molar-refractivity contribution in [2.24, 2.45) is 11.8 Å². The van der Waals surface area contributed by atoms with Crippen LogP contribution in [0.15, 0.2) is 0 Å². The molecule has 0 heterocycles. The molecule has 0 unspecified atom stereocenters. The van der Waals surface area contributed by atoms with Crippen molar-refractivity contribution < 1.29 is 14.3 Å². The number of carbonyl (C=O) groups is 2. The molecular weight excluding hydrogens is 168 g/mol. The Labute approximate surface area is 80.5 Å². The molecule has 0 radical (unpaired) electrons. The minimum Gasteiger partial charge on any atom is -0.466 e. The molecule has 0 amide bonds. The molecule has 0 saturated carbocycles. The molecule has 0 aromatic carbocycles. The van der Waals surface area contributed by atoms with E-state index >= 15 is 0 Å². The third-order valence-electron chi connectivity index (χ3n) is 1.03. The molecule has 0 aromatic heterocycles. The molecule has 3 heteroatoms. The summed E-state index contributed by atoms with van der Waals surface area (Å²) in [5.74, 6) is 0.0949. The summed E-state index contributed by atoms with van der Waals surface area (Å²) in [6.45, 7) is 9.63. The highest BCUT2D eigenvalue weighted by molar-refractivity contribution is 5.71. The predicted octanol–water partition coefficient (Wildman–Crippen LogP) is 2.05. The first kappa shape index (κ1) is 14.7. The van der Waals surface area contributed by atoms with E-state index in [2.05, 4.69) is 4.74 Å². The van der Waals surface area contributed by atoms with Gasteiger partial charge in [0.25, 0.3) is 0 Å². The van der Waals surface area contributed by atoms with E-state index in [0.717, 1.165) is 6.29 Å². The molecule has 0 aliphatic heterocycles. The van der Waals surface area contributed by atoms with E-state index < -0.39 is 0 Å². The SMILES string of the molecule is CC(C)C=O.CCOC(=O)C(C)C. The molecule has 0 aromatic rings. The Hall–Kier alpha value is -0.860. The molecule has 0 atom stereocenters. The quantitative estimate of drug-likeness (QED) is 0.503. The molecule has 0 spiro atoms. The van der Waals surface area contributed by atoms with Crippen LogP contribution in [0.3, 0.4) is 0 Å². The molecule has 0 bridgehead atoms. The molecule has 0 N–H and O–H groups in total. The third-order valence-corrected chi connectivity index (χ3v) is 1.03. The van der Waals surface area contributed by atoms with E-state index in [1.807, 2.05) is 27.7 Å². The van der Waals surface area contributed by atoms with Crippen molar-refractivity contribution in [3.63, 3.8) is 0 Å². The molecule has 3 nitrogen and oxygen atoms in total. The first-order valence-electron chi connectivity index (χ1n) is 4.57. The van der Waals surface area contributed by atoms with Crippen molar-refractivity contribution in [1.82, 2.24) is 0 Å². The van der Waals surface area contributed by atoms with Gasteiger partial charge in [-0.3, -0.25) is 4.79 Å². The zero-order valence-corrected chi connectivity index (χ0v) is 9.16. The average Bonchev–Trinajstić information content (AvgIpc) is 2.06. The second-order valence-electron chi connectivity index (χ2n) is 3.29. The Kier molecular flexibility index (Phi) is 10.4. The zero-order valence-electron chi connectivity index (χ0n) is 9.16. The van der Waals surface area contributed by atoms with Gasteiger partial charge in [0.2, 0.25) is 0 Å². The zero-order chi connectivity index (χ0) is 10.9. The first-order valence-corrected chi connectivity index (χ1v) is 4.57. The predicted molar refractivity (Wildman–Crippen MR) is 52.4 cm³/mol. The van der Waals surface area contributed by atoms with Crippen molar-refractivity contribution in [2.45, 2.75) is 34.6 Å². The van der Waals surface area contributed by atoms with Gasteiger partial charge in [-0.1, -0.05) is 27.7 Å². The van der Waals surface area contributed by atoms with E-state index in [0.29, 0.717) is 6.61 Å². The summed E-state index contributed by atoms with van der Waals surface area (Å²) in [4.78, 5) is 20.0. The minimum atomic E-state index is -0.118. The lowest BCUT2D eigenvalue weighted by Crippen LogP contribution is -2.10. The van der Waals surface area contributed by atoms with E-state index in [1.165, 1.54) is 0 Å². The highest BCUT2D eigenvalue weighted by Gasteiger charge is 2.04. The van der Waals surface area contributed by atoms with Gasteiger partial charge < -0.3 is 9.53 Å². The summed E-state index contributed by atoms with van der Waals surface area (Å²) in [5, 5.41) is 0. The first-order chi connectivity index (χ1) is 5.95. The van der Waals surface area contributed by atoms with Crippen molar-refractivity contribution in [1.29, 1.82) is 0 Å². The summed E-state index contributed by atoms with van der Waals surface area (Å²) in [6.07, 6.45) is 0.917. The number of esters is 1. The maximum absolute atomic E-state index is 10.5. The largest absolute Gasteiger partial charge is 0.466 e. The van der Waals surface area contributed by atoms with Gasteiger partial charge in [-0.05, 0) is 6.92 Å². The highest BCUT2D eigenvalue weighted by Crippen LogP contribution is 1.93. The minimum absolute atomic E-state index is 0.00921. The van der Waals surface area contributed by atoms with Gasteiger partial charge in [0.1, 0.15) is 6.29 Å². The van der Waals surface area contributed by atoms with Crippen molar-refractivity contribution >= 4 is 12.3 Å².